The third kappa shape index (κ3) is 5.47. The number of nitrogens with two attached hydrogens (primary N) is 2. The van der Waals surface area contributed by atoms with Gasteiger partial charge in [-0.15, -0.1) is 12.4 Å². The molecule has 0 unspecified atom stereocenters. The van der Waals surface area contributed by atoms with Gasteiger partial charge in [0, 0.05) is 0 Å². The van der Waals surface area contributed by atoms with Crippen LogP contribution in [0, 0.1) is 5.92 Å². The van der Waals surface area contributed by atoms with Crippen LogP contribution in [-0.4, -0.2) is 18.7 Å². The lowest BCUT2D eigenvalue weighted by Crippen LogP contribution is -2.25. The maximum atomic E-state index is 11.4. The van der Waals surface area contributed by atoms with E-state index in [9.17, 15) is 4.79 Å². The smallest absolute Gasteiger partial charge is 0.310 e. The van der Waals surface area contributed by atoms with Crippen LogP contribution in [0.15, 0.2) is 4.99 Å². The monoisotopic (exact) mass is 235 g/mol. The van der Waals surface area contributed by atoms with E-state index in [-0.39, 0.29) is 37.0 Å². The Kier molecular flexibility index (Phi) is 6.86. The molecule has 6 heteroatoms. The molecule has 1 aliphatic rings. The normalized spacial score (nSPS) is 16.3. The number of aliphatic imine (C=N–C) groups is 1. The molecule has 0 aromatic carbocycles. The van der Waals surface area contributed by atoms with Gasteiger partial charge in [-0.05, 0) is 12.8 Å². The summed E-state index contributed by atoms with van der Waals surface area (Å²) < 4.78 is 4.91. The predicted octanol–water partition coefficient (Wildman–Crippen LogP) is 0.763. The Bertz CT molecular complexity index is 223. The van der Waals surface area contributed by atoms with Crippen molar-refractivity contribution in [3.05, 3.63) is 0 Å². The highest BCUT2D eigenvalue weighted by Crippen LogP contribution is 2.24. The van der Waals surface area contributed by atoms with Crippen LogP contribution in [-0.2, 0) is 9.53 Å². The molecule has 1 fully saturated rings. The van der Waals surface area contributed by atoms with Crippen LogP contribution in [0.3, 0.4) is 0 Å². The molecule has 0 bridgehead atoms. The Hall–Kier alpha value is -0.970. The minimum Gasteiger partial charge on any atom is -0.442 e. The predicted molar refractivity (Wildman–Crippen MR) is 60.6 cm³/mol. The molecule has 0 aromatic heterocycles. The Morgan fingerprint density at radius 2 is 1.87 bits per heavy atom. The van der Waals surface area contributed by atoms with E-state index in [0.29, 0.717) is 0 Å². The zero-order valence-corrected chi connectivity index (χ0v) is 9.46. The summed E-state index contributed by atoms with van der Waals surface area (Å²) in [6.07, 6.45) is 5.31. The molecule has 1 aliphatic carbocycles. The summed E-state index contributed by atoms with van der Waals surface area (Å²) in [7, 11) is 0. The quantitative estimate of drug-likeness (QED) is 0.429. The number of halogens is 1. The van der Waals surface area contributed by atoms with Crippen LogP contribution in [0.4, 0.5) is 0 Å². The van der Waals surface area contributed by atoms with Gasteiger partial charge in [-0.1, -0.05) is 19.3 Å². The molecule has 0 radical (unpaired) electrons. The molecule has 0 aliphatic heterocycles. The summed E-state index contributed by atoms with van der Waals surface area (Å²) in [6.45, 7) is -0.0579. The zero-order chi connectivity index (χ0) is 10.4. The average Bonchev–Trinajstić information content (AvgIpc) is 2.18. The second kappa shape index (κ2) is 7.34. The minimum absolute atomic E-state index is 0. The van der Waals surface area contributed by atoms with Gasteiger partial charge in [0.15, 0.2) is 12.7 Å². The van der Waals surface area contributed by atoms with Crippen LogP contribution in [0.25, 0.3) is 0 Å². The van der Waals surface area contributed by atoms with Gasteiger partial charge in [-0.3, -0.25) is 4.79 Å². The number of hydrogen-bond donors (Lipinski definition) is 2. The van der Waals surface area contributed by atoms with E-state index < -0.39 is 0 Å². The molecule has 0 spiro atoms. The van der Waals surface area contributed by atoms with Gasteiger partial charge in [-0.2, -0.15) is 0 Å². The van der Waals surface area contributed by atoms with Crippen molar-refractivity contribution < 1.29 is 9.53 Å². The molecule has 15 heavy (non-hydrogen) atoms. The van der Waals surface area contributed by atoms with Crippen LogP contribution < -0.4 is 11.5 Å². The Labute approximate surface area is 95.7 Å². The molecule has 0 atom stereocenters. The number of carbonyl (C=O) groups excluding carboxylic acids is 1. The van der Waals surface area contributed by atoms with Gasteiger partial charge < -0.3 is 16.2 Å². The number of ether oxygens (including phenoxy) is 1. The second-order valence-electron chi connectivity index (χ2n) is 3.51. The third-order valence-electron chi connectivity index (χ3n) is 2.39. The van der Waals surface area contributed by atoms with E-state index in [2.05, 4.69) is 4.99 Å². The van der Waals surface area contributed by atoms with Crippen molar-refractivity contribution in [3.63, 3.8) is 0 Å². The van der Waals surface area contributed by atoms with Gasteiger partial charge in [0.2, 0.25) is 0 Å². The molecular weight excluding hydrogens is 218 g/mol. The maximum Gasteiger partial charge on any atom is 0.310 e. The van der Waals surface area contributed by atoms with Crippen molar-refractivity contribution in [3.8, 4) is 0 Å². The number of hydrogen-bond acceptors (Lipinski definition) is 3. The number of rotatable bonds is 3. The minimum atomic E-state index is -0.172. The second-order valence-corrected chi connectivity index (χ2v) is 3.51. The first kappa shape index (κ1) is 14.0. The Morgan fingerprint density at radius 1 is 1.27 bits per heavy atom. The fourth-order valence-electron chi connectivity index (χ4n) is 1.63. The number of esters is 1. The van der Waals surface area contributed by atoms with E-state index in [0.717, 1.165) is 25.7 Å². The van der Waals surface area contributed by atoms with Crippen molar-refractivity contribution >= 4 is 24.3 Å². The average molecular weight is 236 g/mol. The van der Waals surface area contributed by atoms with Crippen LogP contribution in [0.5, 0.6) is 0 Å². The lowest BCUT2D eigenvalue weighted by molar-refractivity contribution is -0.149. The summed E-state index contributed by atoms with van der Waals surface area (Å²) in [4.78, 5) is 15.0. The highest BCUT2D eigenvalue weighted by molar-refractivity contribution is 5.85. The number of nitrogens with zero attached hydrogens (tertiary/aromatic N) is 1. The molecule has 88 valence electrons. The molecule has 0 saturated heterocycles. The Balaban J connectivity index is 0.00000196. The maximum absolute atomic E-state index is 11.4. The molecule has 0 amide bonds. The van der Waals surface area contributed by atoms with Crippen LogP contribution in [0.1, 0.15) is 32.1 Å². The van der Waals surface area contributed by atoms with Crippen LogP contribution >= 0.6 is 12.4 Å². The first-order valence-electron chi connectivity index (χ1n) is 4.92. The summed E-state index contributed by atoms with van der Waals surface area (Å²) >= 11 is 0. The fraction of sp³-hybridized carbons (Fsp3) is 0.778. The van der Waals surface area contributed by atoms with E-state index in [4.69, 9.17) is 16.2 Å². The molecule has 1 rings (SSSR count). The molecule has 0 aromatic rings. The van der Waals surface area contributed by atoms with E-state index in [1.54, 1.807) is 0 Å². The van der Waals surface area contributed by atoms with Gasteiger partial charge in [-0.25, -0.2) is 4.99 Å². The van der Waals surface area contributed by atoms with Crippen molar-refractivity contribution in [2.24, 2.45) is 22.4 Å². The number of guanidine groups is 1. The van der Waals surface area contributed by atoms with E-state index >= 15 is 0 Å². The summed E-state index contributed by atoms with van der Waals surface area (Å²) in [5, 5.41) is 0. The highest BCUT2D eigenvalue weighted by Gasteiger charge is 2.21. The molecule has 5 nitrogen and oxygen atoms in total. The zero-order valence-electron chi connectivity index (χ0n) is 8.65. The van der Waals surface area contributed by atoms with Crippen molar-refractivity contribution in [2.45, 2.75) is 32.1 Å². The lowest BCUT2D eigenvalue weighted by Gasteiger charge is -2.19. The van der Waals surface area contributed by atoms with Gasteiger partial charge in [0.05, 0.1) is 5.92 Å². The topological polar surface area (TPSA) is 90.7 Å². The summed E-state index contributed by atoms with van der Waals surface area (Å²) in [5.41, 5.74) is 10.2. The molecule has 4 N–H and O–H groups in total. The molecule has 1 saturated carbocycles. The first-order chi connectivity index (χ1) is 6.70. The molecular formula is C9H18ClN3O2. The number of carbonyl (C=O) groups is 1. The molecule has 0 heterocycles. The third-order valence-corrected chi connectivity index (χ3v) is 2.39. The first-order valence-corrected chi connectivity index (χ1v) is 4.92. The van der Waals surface area contributed by atoms with Gasteiger partial charge in [0.25, 0.3) is 0 Å². The van der Waals surface area contributed by atoms with Gasteiger partial charge >= 0.3 is 5.97 Å². The standard InChI is InChI=1S/C9H17N3O2.ClH/c10-9(11)12-6-14-8(13)7-4-2-1-3-5-7;/h7H,1-6H2,(H4,10,11,12);1H. The summed E-state index contributed by atoms with van der Waals surface area (Å²) in [6, 6.07) is 0. The SMILES string of the molecule is Cl.NC(N)=NCOC(=O)C1CCCCC1. The lowest BCUT2D eigenvalue weighted by atomic mass is 9.89. The fourth-order valence-corrected chi connectivity index (χ4v) is 1.63. The van der Waals surface area contributed by atoms with E-state index in [1.165, 1.54) is 6.42 Å². The van der Waals surface area contributed by atoms with E-state index in [1.807, 2.05) is 0 Å². The van der Waals surface area contributed by atoms with Crippen molar-refractivity contribution in [1.82, 2.24) is 0 Å². The largest absolute Gasteiger partial charge is 0.442 e. The van der Waals surface area contributed by atoms with Crippen molar-refractivity contribution in [2.75, 3.05) is 6.73 Å². The van der Waals surface area contributed by atoms with Crippen LogP contribution in [0.2, 0.25) is 0 Å². The summed E-state index contributed by atoms with van der Waals surface area (Å²) in [5.74, 6) is -0.172. The Morgan fingerprint density at radius 3 is 2.40 bits per heavy atom. The van der Waals surface area contributed by atoms with Gasteiger partial charge in [0.1, 0.15) is 0 Å². The van der Waals surface area contributed by atoms with Crippen molar-refractivity contribution in [1.29, 1.82) is 0 Å². The highest BCUT2D eigenvalue weighted by atomic mass is 35.5.